The smallest absolute Gasteiger partial charge is 0.249 e. The van der Waals surface area contributed by atoms with Gasteiger partial charge in [-0.3, -0.25) is 19.7 Å². The van der Waals surface area contributed by atoms with Crippen LogP contribution in [0.4, 0.5) is 0 Å². The molecule has 19 heavy (non-hydrogen) atoms. The lowest BCUT2D eigenvalue weighted by Crippen LogP contribution is -2.59. The average molecular weight is 269 g/mol. The van der Waals surface area contributed by atoms with E-state index in [1.54, 1.807) is 0 Å². The minimum Gasteiger partial charge on any atom is -0.330 e. The lowest BCUT2D eigenvalue weighted by Gasteiger charge is -2.33. The van der Waals surface area contributed by atoms with Gasteiger partial charge in [0.05, 0.1) is 0 Å². The number of rotatable bonds is 7. The van der Waals surface area contributed by atoms with Gasteiger partial charge in [-0.2, -0.15) is 0 Å². The minimum atomic E-state index is -0.505. The van der Waals surface area contributed by atoms with Gasteiger partial charge in [-0.1, -0.05) is 19.8 Å². The zero-order valence-corrected chi connectivity index (χ0v) is 11.5. The lowest BCUT2D eigenvalue weighted by atomic mass is 10.1. The number of amides is 3. The van der Waals surface area contributed by atoms with E-state index in [2.05, 4.69) is 5.32 Å². The number of carbonyl (C=O) groups is 3. The van der Waals surface area contributed by atoms with Crippen molar-refractivity contribution >= 4 is 17.7 Å². The number of nitrogens with two attached hydrogens (primary N) is 1. The number of carbonyl (C=O) groups excluding carboxylic acids is 3. The van der Waals surface area contributed by atoms with E-state index in [1.165, 1.54) is 4.90 Å². The van der Waals surface area contributed by atoms with Gasteiger partial charge in [-0.05, 0) is 25.8 Å². The predicted molar refractivity (Wildman–Crippen MR) is 71.1 cm³/mol. The molecular formula is C13H23N3O3. The molecule has 1 aliphatic heterocycles. The molecule has 0 aromatic rings. The van der Waals surface area contributed by atoms with Gasteiger partial charge in [0.2, 0.25) is 17.7 Å². The monoisotopic (exact) mass is 269 g/mol. The summed E-state index contributed by atoms with van der Waals surface area (Å²) in [5.41, 5.74) is 5.40. The first kappa shape index (κ1) is 15.6. The lowest BCUT2D eigenvalue weighted by molar-refractivity contribution is -0.150. The molecule has 1 aliphatic rings. The van der Waals surface area contributed by atoms with Crippen molar-refractivity contribution in [3.05, 3.63) is 0 Å². The van der Waals surface area contributed by atoms with Gasteiger partial charge in [0.25, 0.3) is 0 Å². The maximum absolute atomic E-state index is 12.1. The third kappa shape index (κ3) is 4.63. The molecule has 108 valence electrons. The molecular weight excluding hydrogens is 246 g/mol. The fraction of sp³-hybridized carbons (Fsp3) is 0.769. The number of hydrogen-bond acceptors (Lipinski definition) is 4. The van der Waals surface area contributed by atoms with Crippen LogP contribution in [0.5, 0.6) is 0 Å². The molecule has 1 atom stereocenters. The number of hydrogen-bond donors (Lipinski definition) is 2. The predicted octanol–water partition coefficient (Wildman–Crippen LogP) is 0.159. The number of unbranched alkanes of at least 4 members (excludes halogenated alkanes) is 3. The summed E-state index contributed by atoms with van der Waals surface area (Å²) in [7, 11) is 0. The van der Waals surface area contributed by atoms with Crippen molar-refractivity contribution in [1.29, 1.82) is 0 Å². The topological polar surface area (TPSA) is 92.5 Å². The second-order valence-corrected chi connectivity index (χ2v) is 4.81. The number of nitrogens with one attached hydrogen (secondary N) is 1. The molecule has 1 saturated heterocycles. The zero-order chi connectivity index (χ0) is 14.3. The van der Waals surface area contributed by atoms with Crippen LogP contribution in [0.1, 0.15) is 45.4 Å². The summed E-state index contributed by atoms with van der Waals surface area (Å²) >= 11 is 0. The van der Waals surface area contributed by atoms with Gasteiger partial charge in [0.1, 0.15) is 12.6 Å². The number of piperazine rings is 1. The number of imide groups is 1. The van der Waals surface area contributed by atoms with Crippen LogP contribution in [-0.4, -0.2) is 41.8 Å². The Morgan fingerprint density at radius 2 is 2.00 bits per heavy atom. The van der Waals surface area contributed by atoms with Crippen LogP contribution in [0.25, 0.3) is 0 Å². The van der Waals surface area contributed by atoms with Gasteiger partial charge < -0.3 is 10.6 Å². The van der Waals surface area contributed by atoms with Crippen LogP contribution in [0.3, 0.4) is 0 Å². The molecule has 0 bridgehead atoms. The van der Waals surface area contributed by atoms with E-state index in [4.69, 9.17) is 5.73 Å². The highest BCUT2D eigenvalue weighted by atomic mass is 16.2. The molecule has 0 aliphatic carbocycles. The van der Waals surface area contributed by atoms with Crippen LogP contribution in [-0.2, 0) is 14.4 Å². The van der Waals surface area contributed by atoms with Crippen molar-refractivity contribution in [3.8, 4) is 0 Å². The third-order valence-electron chi connectivity index (χ3n) is 3.31. The molecule has 1 rings (SSSR count). The van der Waals surface area contributed by atoms with E-state index in [9.17, 15) is 14.4 Å². The van der Waals surface area contributed by atoms with Crippen molar-refractivity contribution < 1.29 is 14.4 Å². The molecule has 6 nitrogen and oxygen atoms in total. The summed E-state index contributed by atoms with van der Waals surface area (Å²) in [5, 5.41) is 2.26. The molecule has 0 aromatic carbocycles. The van der Waals surface area contributed by atoms with Gasteiger partial charge in [0.15, 0.2) is 0 Å². The summed E-state index contributed by atoms with van der Waals surface area (Å²) in [6.45, 7) is 2.50. The van der Waals surface area contributed by atoms with Gasteiger partial charge >= 0.3 is 0 Å². The molecule has 0 aromatic heterocycles. The molecule has 0 spiro atoms. The maximum Gasteiger partial charge on any atom is 0.249 e. The van der Waals surface area contributed by atoms with Gasteiger partial charge in [0, 0.05) is 6.42 Å². The van der Waals surface area contributed by atoms with E-state index < -0.39 is 11.9 Å². The fourth-order valence-corrected chi connectivity index (χ4v) is 2.25. The second kappa shape index (κ2) is 7.89. The van der Waals surface area contributed by atoms with Crippen LogP contribution >= 0.6 is 0 Å². The summed E-state index contributed by atoms with van der Waals surface area (Å²) in [6.07, 6.45) is 4.63. The largest absolute Gasteiger partial charge is 0.330 e. The van der Waals surface area contributed by atoms with E-state index in [0.29, 0.717) is 19.4 Å². The SMILES string of the molecule is CCC1C(=O)NC(=O)CN1C(=O)CCCCCCN. The van der Waals surface area contributed by atoms with E-state index in [-0.39, 0.29) is 18.4 Å². The van der Waals surface area contributed by atoms with Crippen molar-refractivity contribution in [2.45, 2.75) is 51.5 Å². The Morgan fingerprint density at radius 3 is 2.63 bits per heavy atom. The van der Waals surface area contributed by atoms with E-state index >= 15 is 0 Å². The molecule has 3 N–H and O–H groups in total. The minimum absolute atomic E-state index is 0.00806. The summed E-state index contributed by atoms with van der Waals surface area (Å²) in [5.74, 6) is -0.871. The van der Waals surface area contributed by atoms with Crippen LogP contribution < -0.4 is 11.1 Å². The Labute approximate surface area is 113 Å². The summed E-state index contributed by atoms with van der Waals surface area (Å²) < 4.78 is 0. The van der Waals surface area contributed by atoms with Gasteiger partial charge in [-0.15, -0.1) is 0 Å². The fourth-order valence-electron chi connectivity index (χ4n) is 2.25. The third-order valence-corrected chi connectivity index (χ3v) is 3.31. The van der Waals surface area contributed by atoms with Crippen LogP contribution in [0.2, 0.25) is 0 Å². The highest BCUT2D eigenvalue weighted by molar-refractivity contribution is 6.04. The van der Waals surface area contributed by atoms with Crippen LogP contribution in [0, 0.1) is 0 Å². The van der Waals surface area contributed by atoms with Gasteiger partial charge in [-0.25, -0.2) is 0 Å². The van der Waals surface area contributed by atoms with E-state index in [1.807, 2.05) is 6.92 Å². The van der Waals surface area contributed by atoms with Crippen molar-refractivity contribution in [2.75, 3.05) is 13.1 Å². The Morgan fingerprint density at radius 1 is 1.32 bits per heavy atom. The summed E-state index contributed by atoms with van der Waals surface area (Å²) in [4.78, 5) is 36.4. The summed E-state index contributed by atoms with van der Waals surface area (Å²) in [6, 6.07) is -0.505. The molecule has 6 heteroatoms. The molecule has 1 fully saturated rings. The molecule has 1 unspecified atom stereocenters. The Balaban J connectivity index is 2.44. The normalized spacial score (nSPS) is 19.5. The first-order chi connectivity index (χ1) is 9.10. The standard InChI is InChI=1S/C13H23N3O3/c1-2-10-13(19)15-11(17)9-16(10)12(18)7-5-3-4-6-8-14/h10H,2-9,14H2,1H3,(H,15,17,19). The quantitative estimate of drug-likeness (QED) is 0.508. The highest BCUT2D eigenvalue weighted by Crippen LogP contribution is 2.13. The van der Waals surface area contributed by atoms with Crippen LogP contribution in [0.15, 0.2) is 0 Å². The molecule has 0 saturated carbocycles. The maximum atomic E-state index is 12.1. The number of nitrogens with zero attached hydrogens (tertiary/aromatic N) is 1. The molecule has 3 amide bonds. The highest BCUT2D eigenvalue weighted by Gasteiger charge is 2.34. The van der Waals surface area contributed by atoms with Crippen molar-refractivity contribution in [2.24, 2.45) is 5.73 Å². The Bertz CT molecular complexity index is 344. The molecule has 0 radical (unpaired) electrons. The van der Waals surface area contributed by atoms with E-state index in [0.717, 1.165) is 25.7 Å². The Kier molecular flexibility index (Phi) is 6.49. The van der Waals surface area contributed by atoms with Crippen molar-refractivity contribution in [3.63, 3.8) is 0 Å². The average Bonchev–Trinajstić information content (AvgIpc) is 2.37. The first-order valence-corrected chi connectivity index (χ1v) is 6.93. The second-order valence-electron chi connectivity index (χ2n) is 4.81. The molecule has 1 heterocycles. The zero-order valence-electron chi connectivity index (χ0n) is 11.5. The first-order valence-electron chi connectivity index (χ1n) is 6.93. The van der Waals surface area contributed by atoms with Crippen molar-refractivity contribution in [1.82, 2.24) is 10.2 Å². The Hall–Kier alpha value is -1.43.